The number of primary amides is 1. The van der Waals surface area contributed by atoms with Gasteiger partial charge in [-0.15, -0.1) is 0 Å². The van der Waals surface area contributed by atoms with E-state index in [4.69, 9.17) is 5.73 Å². The lowest BCUT2D eigenvalue weighted by Crippen LogP contribution is -2.14. The van der Waals surface area contributed by atoms with Crippen molar-refractivity contribution in [3.05, 3.63) is 53.1 Å². The summed E-state index contributed by atoms with van der Waals surface area (Å²) in [6.45, 7) is 0. The fourth-order valence-corrected chi connectivity index (χ4v) is 3.87. The number of nitrogens with zero attached hydrogens (tertiary/aromatic N) is 1. The Morgan fingerprint density at radius 2 is 1.48 bits per heavy atom. The molecule has 2 aromatic rings. The summed E-state index contributed by atoms with van der Waals surface area (Å²) in [7, 11) is -9.38. The van der Waals surface area contributed by atoms with Crippen molar-refractivity contribution in [2.24, 2.45) is 10.7 Å². The summed E-state index contributed by atoms with van der Waals surface area (Å²) < 4.78 is 65.4. The summed E-state index contributed by atoms with van der Waals surface area (Å²) in [5.41, 5.74) is 5.19. The number of carbonyl (C=O) groups excluding carboxylic acids is 2. The lowest BCUT2D eigenvalue weighted by molar-refractivity contribution is -0.117. The molecule has 4 N–H and O–H groups in total. The van der Waals surface area contributed by atoms with E-state index >= 15 is 0 Å². The number of aliphatic imine (C=N–C) groups is 1. The van der Waals surface area contributed by atoms with Gasteiger partial charge in [0.05, 0.1) is 12.1 Å². The van der Waals surface area contributed by atoms with E-state index in [9.17, 15) is 35.5 Å². The molecule has 0 bridgehead atoms. The van der Waals surface area contributed by atoms with Gasteiger partial charge >= 0.3 is 0 Å². The molecule has 0 heterocycles. The third-order valence-corrected chi connectivity index (χ3v) is 5.45. The highest BCUT2D eigenvalue weighted by Crippen LogP contribution is 2.26. The SMILES string of the molecule is NC(=O)Cc1ccc(C=Cc2ccc(N=C=O)cc2S(=O)(=O)O)c(S(=O)(=O)O)c1. The molecule has 2 rings (SSSR count). The Balaban J connectivity index is 2.59. The molecule has 152 valence electrons. The Labute approximate surface area is 165 Å². The van der Waals surface area contributed by atoms with Gasteiger partial charge < -0.3 is 5.73 Å². The van der Waals surface area contributed by atoms with Gasteiger partial charge in [-0.25, -0.2) is 4.79 Å². The number of hydrogen-bond acceptors (Lipinski definition) is 7. The molecule has 0 saturated carbocycles. The minimum atomic E-state index is -4.70. The largest absolute Gasteiger partial charge is 0.369 e. The second-order valence-corrected chi connectivity index (χ2v) is 8.50. The maximum Gasteiger partial charge on any atom is 0.295 e. The lowest BCUT2D eigenvalue weighted by atomic mass is 10.1. The minimum Gasteiger partial charge on any atom is -0.369 e. The molecular weight excluding hydrogens is 424 g/mol. The number of nitrogens with two attached hydrogens (primary N) is 1. The van der Waals surface area contributed by atoms with Gasteiger partial charge in [0.15, 0.2) is 0 Å². The van der Waals surface area contributed by atoms with E-state index in [1.165, 1.54) is 42.5 Å². The van der Waals surface area contributed by atoms with Gasteiger partial charge in [0, 0.05) is 0 Å². The van der Waals surface area contributed by atoms with Crippen LogP contribution >= 0.6 is 0 Å². The van der Waals surface area contributed by atoms with E-state index in [2.05, 4.69) is 4.99 Å². The summed E-state index contributed by atoms with van der Waals surface area (Å²) in [5, 5.41) is 0. The molecule has 1 amide bonds. The maximum absolute atomic E-state index is 11.7. The number of amides is 1. The highest BCUT2D eigenvalue weighted by Gasteiger charge is 2.17. The second-order valence-electron chi connectivity index (χ2n) is 5.72. The van der Waals surface area contributed by atoms with Crippen LogP contribution in [0.25, 0.3) is 12.2 Å². The van der Waals surface area contributed by atoms with Crippen molar-refractivity contribution >= 4 is 50.1 Å². The molecule has 0 radical (unpaired) electrons. The van der Waals surface area contributed by atoms with Crippen molar-refractivity contribution in [3.8, 4) is 0 Å². The van der Waals surface area contributed by atoms with E-state index in [1.807, 2.05) is 0 Å². The second kappa shape index (κ2) is 8.47. The zero-order valence-corrected chi connectivity index (χ0v) is 16.1. The zero-order valence-electron chi connectivity index (χ0n) is 14.5. The van der Waals surface area contributed by atoms with Crippen LogP contribution in [0.5, 0.6) is 0 Å². The molecule has 0 spiro atoms. The fourth-order valence-electron chi connectivity index (χ4n) is 2.44. The van der Waals surface area contributed by atoms with Gasteiger partial charge in [0.25, 0.3) is 20.2 Å². The number of benzene rings is 2. The van der Waals surface area contributed by atoms with Crippen molar-refractivity contribution < 1.29 is 35.5 Å². The van der Waals surface area contributed by atoms with Crippen LogP contribution in [0.15, 0.2) is 51.2 Å². The smallest absolute Gasteiger partial charge is 0.295 e. The fraction of sp³-hybridized carbons (Fsp3) is 0.0588. The number of rotatable bonds is 7. The number of hydrogen-bond donors (Lipinski definition) is 3. The Bertz CT molecular complexity index is 1260. The van der Waals surface area contributed by atoms with Crippen LogP contribution in [-0.4, -0.2) is 37.9 Å². The van der Waals surface area contributed by atoms with Crippen molar-refractivity contribution in [1.29, 1.82) is 0 Å². The summed E-state index contributed by atoms with van der Waals surface area (Å²) in [6, 6.07) is 7.19. The predicted molar refractivity (Wildman–Crippen MR) is 102 cm³/mol. The summed E-state index contributed by atoms with van der Waals surface area (Å²) in [4.78, 5) is 23.5. The average molecular weight is 438 g/mol. The Morgan fingerprint density at radius 1 is 0.966 bits per heavy atom. The highest BCUT2D eigenvalue weighted by atomic mass is 32.2. The van der Waals surface area contributed by atoms with Crippen LogP contribution in [0, 0.1) is 0 Å². The normalized spacial score (nSPS) is 11.9. The molecule has 0 saturated heterocycles. The van der Waals surface area contributed by atoms with E-state index in [-0.39, 0.29) is 28.8 Å². The first-order valence-electron chi connectivity index (χ1n) is 7.68. The number of carbonyl (C=O) groups is 1. The van der Waals surface area contributed by atoms with Gasteiger partial charge in [-0.05, 0) is 34.9 Å². The van der Waals surface area contributed by atoms with Crippen LogP contribution in [0.2, 0.25) is 0 Å². The molecule has 0 aliphatic carbocycles. The molecular formula is C17H14N2O8S2. The summed E-state index contributed by atoms with van der Waals surface area (Å²) in [6.07, 6.45) is 3.34. The highest BCUT2D eigenvalue weighted by molar-refractivity contribution is 7.86. The van der Waals surface area contributed by atoms with Gasteiger partial charge in [-0.3, -0.25) is 13.9 Å². The number of isocyanates is 1. The summed E-state index contributed by atoms with van der Waals surface area (Å²) in [5.74, 6) is -0.703. The van der Waals surface area contributed by atoms with Crippen LogP contribution in [0.1, 0.15) is 16.7 Å². The van der Waals surface area contributed by atoms with Crippen LogP contribution in [-0.2, 0) is 36.2 Å². The van der Waals surface area contributed by atoms with E-state index in [1.54, 1.807) is 0 Å². The summed E-state index contributed by atoms with van der Waals surface area (Å²) >= 11 is 0. The van der Waals surface area contributed by atoms with Crippen molar-refractivity contribution in [2.75, 3.05) is 0 Å². The third kappa shape index (κ3) is 5.91. The van der Waals surface area contributed by atoms with Gasteiger partial charge in [-0.1, -0.05) is 30.4 Å². The molecule has 29 heavy (non-hydrogen) atoms. The molecule has 12 heteroatoms. The molecule has 0 aliphatic heterocycles. The topological polar surface area (TPSA) is 181 Å². The predicted octanol–water partition coefficient (Wildman–Crippen LogP) is 1.35. The molecule has 2 aromatic carbocycles. The van der Waals surface area contributed by atoms with Crippen LogP contribution < -0.4 is 5.73 Å². The average Bonchev–Trinajstić information content (AvgIpc) is 2.59. The molecule has 0 fully saturated rings. The van der Waals surface area contributed by atoms with E-state index in [0.717, 1.165) is 12.1 Å². The first-order valence-corrected chi connectivity index (χ1v) is 10.6. The molecule has 0 aromatic heterocycles. The van der Waals surface area contributed by atoms with E-state index < -0.39 is 35.9 Å². The molecule has 10 nitrogen and oxygen atoms in total. The van der Waals surface area contributed by atoms with E-state index in [0.29, 0.717) is 0 Å². The van der Waals surface area contributed by atoms with Gasteiger partial charge in [0.2, 0.25) is 12.0 Å². The Hall–Kier alpha value is -3.15. The maximum atomic E-state index is 11.7. The quantitative estimate of drug-likeness (QED) is 0.250. The standard InChI is InChI=1S/C17H14N2O8S2/c18-17(21)8-11-1-2-12(15(7-11)28(22,23)24)3-4-13-5-6-14(19-10-20)9-16(13)29(25,26)27/h1-7,9H,8H2,(H2,18,21)(H,22,23,24)(H,25,26,27). The Kier molecular flexibility index (Phi) is 6.47. The van der Waals surface area contributed by atoms with Crippen LogP contribution in [0.4, 0.5) is 5.69 Å². The van der Waals surface area contributed by atoms with Gasteiger partial charge in [0.1, 0.15) is 9.79 Å². The molecule has 0 aliphatic rings. The third-order valence-electron chi connectivity index (χ3n) is 3.63. The van der Waals surface area contributed by atoms with Gasteiger partial charge in [-0.2, -0.15) is 21.8 Å². The van der Waals surface area contributed by atoms with Crippen molar-refractivity contribution in [1.82, 2.24) is 0 Å². The minimum absolute atomic E-state index is 0.0167. The first kappa shape index (κ1) is 22.1. The van der Waals surface area contributed by atoms with Crippen molar-refractivity contribution in [2.45, 2.75) is 16.2 Å². The molecule has 0 atom stereocenters. The lowest BCUT2D eigenvalue weighted by Gasteiger charge is -2.07. The molecule has 0 unspecified atom stereocenters. The first-order chi connectivity index (χ1) is 13.4. The monoisotopic (exact) mass is 438 g/mol. The Morgan fingerprint density at radius 3 is 1.97 bits per heavy atom. The van der Waals surface area contributed by atoms with Crippen LogP contribution in [0.3, 0.4) is 0 Å². The zero-order chi connectivity index (χ0) is 21.8. The van der Waals surface area contributed by atoms with Crippen molar-refractivity contribution in [3.63, 3.8) is 0 Å².